The fourth-order valence-corrected chi connectivity index (χ4v) is 7.61. The van der Waals surface area contributed by atoms with Crippen LogP contribution in [0, 0.1) is 23.2 Å². The molecule has 0 unspecified atom stereocenters. The van der Waals surface area contributed by atoms with Gasteiger partial charge in [-0.25, -0.2) is 9.78 Å². The van der Waals surface area contributed by atoms with E-state index in [1.54, 1.807) is 18.2 Å². The van der Waals surface area contributed by atoms with Crippen LogP contribution in [0.3, 0.4) is 0 Å². The molecule has 0 atom stereocenters. The smallest absolute Gasteiger partial charge is 0.410 e. The summed E-state index contributed by atoms with van der Waals surface area (Å²) in [5, 5.41) is 14.1. The highest BCUT2D eigenvalue weighted by atomic mass is 16.6. The monoisotopic (exact) mass is 681 g/mol. The number of amides is 2. The number of nitrogens with zero attached hydrogens (tertiary/aromatic N) is 7. The molecule has 2 saturated carbocycles. The van der Waals surface area contributed by atoms with Crippen molar-refractivity contribution in [3.63, 3.8) is 0 Å². The first-order chi connectivity index (χ1) is 24.1. The first kappa shape index (κ1) is 35.4. The van der Waals surface area contributed by atoms with Gasteiger partial charge in [-0.2, -0.15) is 10.4 Å². The maximum Gasteiger partial charge on any atom is 0.410 e. The summed E-state index contributed by atoms with van der Waals surface area (Å²) in [6.45, 7) is 6.20. The van der Waals surface area contributed by atoms with Gasteiger partial charge in [0, 0.05) is 55.6 Å². The summed E-state index contributed by atoms with van der Waals surface area (Å²) >= 11 is 0. The van der Waals surface area contributed by atoms with Gasteiger partial charge in [-0.15, -0.1) is 0 Å². The molecule has 3 aliphatic rings. The van der Waals surface area contributed by atoms with Crippen molar-refractivity contribution >= 4 is 17.8 Å². The van der Waals surface area contributed by atoms with Gasteiger partial charge in [0.15, 0.2) is 0 Å². The van der Waals surface area contributed by atoms with E-state index in [4.69, 9.17) is 14.5 Å². The van der Waals surface area contributed by atoms with Gasteiger partial charge in [-0.3, -0.25) is 14.4 Å². The third-order valence-corrected chi connectivity index (χ3v) is 11.0. The minimum atomic E-state index is -0.240. The molecule has 11 nitrogen and oxygen atoms in total. The number of nitriles is 1. The number of hydrogen-bond acceptors (Lipinski definition) is 8. The third-order valence-electron chi connectivity index (χ3n) is 11.0. The van der Waals surface area contributed by atoms with Crippen LogP contribution in [0.1, 0.15) is 88.3 Å². The molecule has 6 rings (SSSR count). The molecule has 1 aliphatic heterocycles. The predicted molar refractivity (Wildman–Crippen MR) is 192 cm³/mol. The van der Waals surface area contributed by atoms with Crippen molar-refractivity contribution in [2.24, 2.45) is 11.8 Å². The van der Waals surface area contributed by atoms with Crippen LogP contribution < -0.4 is 9.64 Å². The lowest BCUT2D eigenvalue weighted by Gasteiger charge is -2.42. The molecular weight excluding hydrogens is 630 g/mol. The topological polar surface area (TPSA) is 117 Å². The minimum Gasteiger partial charge on any atom is -0.495 e. The van der Waals surface area contributed by atoms with Gasteiger partial charge in [0.05, 0.1) is 18.9 Å². The number of anilines is 1. The molecule has 1 saturated heterocycles. The maximum atomic E-state index is 14.4. The van der Waals surface area contributed by atoms with Crippen LogP contribution in [0.5, 0.6) is 5.75 Å². The van der Waals surface area contributed by atoms with E-state index in [0.29, 0.717) is 80.3 Å². The highest BCUT2D eigenvalue weighted by Gasteiger charge is 2.37. The Balaban J connectivity index is 1.14. The average Bonchev–Trinajstić information content (AvgIpc) is 3.61. The normalized spacial score (nSPS) is 22.6. The van der Waals surface area contributed by atoms with Crippen molar-refractivity contribution in [2.45, 2.75) is 89.3 Å². The number of aromatic nitrogens is 3. The van der Waals surface area contributed by atoms with E-state index in [9.17, 15) is 14.9 Å². The number of carbonyl (C=O) groups excluding carboxylic acids is 2. The molecule has 1 aromatic carbocycles. The second kappa shape index (κ2) is 15.6. The summed E-state index contributed by atoms with van der Waals surface area (Å²) in [6, 6.07) is 12.8. The number of carbonyl (C=O) groups is 2. The van der Waals surface area contributed by atoms with E-state index in [1.807, 2.05) is 60.3 Å². The Morgan fingerprint density at radius 1 is 1.00 bits per heavy atom. The Kier molecular flexibility index (Phi) is 11.1. The van der Waals surface area contributed by atoms with Crippen LogP contribution in [-0.2, 0) is 9.53 Å². The fraction of sp³-hybridized carbons (Fsp3) is 0.564. The molecule has 3 heterocycles. The number of pyridine rings is 1. The average molecular weight is 682 g/mol. The van der Waals surface area contributed by atoms with Crippen LogP contribution in [0.2, 0.25) is 0 Å². The third kappa shape index (κ3) is 7.96. The zero-order valence-corrected chi connectivity index (χ0v) is 30.1. The van der Waals surface area contributed by atoms with E-state index in [0.717, 1.165) is 36.8 Å². The molecule has 0 N–H and O–H groups in total. The van der Waals surface area contributed by atoms with E-state index in [2.05, 4.69) is 36.0 Å². The number of likely N-dealkylation sites (N-methyl/N-ethyl adjacent to an activating group) is 1. The number of ether oxygens (including phenoxy) is 2. The Morgan fingerprint density at radius 3 is 2.38 bits per heavy atom. The number of hydrogen-bond donors (Lipinski definition) is 0. The Labute approximate surface area is 296 Å². The lowest BCUT2D eigenvalue weighted by atomic mass is 9.78. The number of benzene rings is 1. The van der Waals surface area contributed by atoms with Crippen molar-refractivity contribution in [2.75, 3.05) is 45.7 Å². The lowest BCUT2D eigenvalue weighted by Crippen LogP contribution is -2.59. The number of likely N-dealkylation sites (tertiary alicyclic amines) is 1. The van der Waals surface area contributed by atoms with E-state index < -0.39 is 0 Å². The molecule has 11 heteroatoms. The molecule has 3 aromatic rings. The Hall–Kier alpha value is -4.43. The molecule has 50 heavy (non-hydrogen) atoms. The number of methoxy groups -OCH3 is 1. The summed E-state index contributed by atoms with van der Waals surface area (Å²) in [5.74, 6) is 1.92. The molecule has 2 aliphatic carbocycles. The van der Waals surface area contributed by atoms with E-state index in [-0.39, 0.29) is 30.1 Å². The highest BCUT2D eigenvalue weighted by Crippen LogP contribution is 2.39. The summed E-state index contributed by atoms with van der Waals surface area (Å²) in [6.07, 6.45) is 12.0. The van der Waals surface area contributed by atoms with Gasteiger partial charge in [0.1, 0.15) is 23.7 Å². The summed E-state index contributed by atoms with van der Waals surface area (Å²) < 4.78 is 13.2. The van der Waals surface area contributed by atoms with Crippen molar-refractivity contribution in [1.82, 2.24) is 24.6 Å². The molecule has 0 spiro atoms. The summed E-state index contributed by atoms with van der Waals surface area (Å²) in [4.78, 5) is 37.7. The summed E-state index contributed by atoms with van der Waals surface area (Å²) in [5.41, 5.74) is 3.72. The van der Waals surface area contributed by atoms with Gasteiger partial charge in [0.2, 0.25) is 5.91 Å². The zero-order chi connectivity index (χ0) is 35.4. The standard InChI is InChI=1S/C39H51N7O4/c1-26(2)46-23-33(21-42-46)31-16-17-41-37(19-31)45(22-27-6-8-28(9-7-27)30-12-15-36(49-5)32(18-30)20-40)38(47)29-10-13-35(14-11-29)50-39(48)44-24-34(25-44)43(3)4/h12,15-19,21,23,26-29,34-35H,6-11,13-14,22,24-25H2,1-5H3/t27-,28-,29-,35-. The first-order valence-electron chi connectivity index (χ1n) is 18.2. The SMILES string of the molecule is COc1ccc([C@H]2CC[C@H](CN(c3cc(-c4cnn(C(C)C)c4)ccn3)C(=O)[C@H]3CC[C@H](OC(=O)N4CC(N(C)C)C4)CC3)CC2)cc1C#N. The largest absolute Gasteiger partial charge is 0.495 e. The van der Waals surface area contributed by atoms with Crippen LogP contribution in [0.25, 0.3) is 11.1 Å². The van der Waals surface area contributed by atoms with Gasteiger partial charge < -0.3 is 19.3 Å². The lowest BCUT2D eigenvalue weighted by molar-refractivity contribution is -0.124. The van der Waals surface area contributed by atoms with Gasteiger partial charge in [-0.1, -0.05) is 6.07 Å². The second-order valence-electron chi connectivity index (χ2n) is 14.8. The molecule has 3 fully saturated rings. The van der Waals surface area contributed by atoms with Crippen molar-refractivity contribution in [3.05, 3.63) is 60.0 Å². The second-order valence-corrected chi connectivity index (χ2v) is 14.8. The van der Waals surface area contributed by atoms with Gasteiger partial charge >= 0.3 is 6.09 Å². The molecule has 0 radical (unpaired) electrons. The van der Waals surface area contributed by atoms with Gasteiger partial charge in [0.25, 0.3) is 0 Å². The Morgan fingerprint density at radius 2 is 1.74 bits per heavy atom. The maximum absolute atomic E-state index is 14.4. The number of rotatable bonds is 10. The fourth-order valence-electron chi connectivity index (χ4n) is 7.61. The highest BCUT2D eigenvalue weighted by molar-refractivity contribution is 5.94. The van der Waals surface area contributed by atoms with Crippen LogP contribution in [-0.4, -0.2) is 89.5 Å². The van der Waals surface area contributed by atoms with E-state index >= 15 is 0 Å². The Bertz CT molecular complexity index is 1680. The molecule has 2 amide bonds. The quantitative estimate of drug-likeness (QED) is 0.234. The predicted octanol–water partition coefficient (Wildman–Crippen LogP) is 6.65. The van der Waals surface area contributed by atoms with Crippen molar-refractivity contribution < 1.29 is 19.1 Å². The molecule has 2 aromatic heterocycles. The zero-order valence-electron chi connectivity index (χ0n) is 30.1. The van der Waals surface area contributed by atoms with Crippen molar-refractivity contribution in [1.29, 1.82) is 5.26 Å². The first-order valence-corrected chi connectivity index (χ1v) is 18.2. The van der Waals surface area contributed by atoms with Crippen molar-refractivity contribution in [3.8, 4) is 22.9 Å². The summed E-state index contributed by atoms with van der Waals surface area (Å²) in [7, 11) is 5.65. The molecule has 266 valence electrons. The van der Waals surface area contributed by atoms with Gasteiger partial charge in [-0.05, 0) is 127 Å². The van der Waals surface area contributed by atoms with Crippen LogP contribution in [0.15, 0.2) is 48.9 Å². The molecular formula is C39H51N7O4. The van der Waals surface area contributed by atoms with E-state index in [1.165, 1.54) is 5.56 Å². The van der Waals surface area contributed by atoms with Crippen LogP contribution >= 0.6 is 0 Å². The minimum absolute atomic E-state index is 0.102. The molecule has 0 bridgehead atoms. The van der Waals surface area contributed by atoms with Crippen LogP contribution in [0.4, 0.5) is 10.6 Å².